The SMILES string of the molecule is CCOCCN(CCOCC)c1ccc(Cl)cn1. The fraction of sp³-hybridized carbons (Fsp3) is 0.615. The summed E-state index contributed by atoms with van der Waals surface area (Å²) in [5.74, 6) is 0.902. The van der Waals surface area contributed by atoms with Crippen LogP contribution in [0.4, 0.5) is 5.82 Å². The molecule has 1 rings (SSSR count). The van der Waals surface area contributed by atoms with Gasteiger partial charge in [-0.25, -0.2) is 4.98 Å². The molecule has 0 aromatic carbocycles. The van der Waals surface area contributed by atoms with E-state index in [9.17, 15) is 0 Å². The predicted molar refractivity (Wildman–Crippen MR) is 74.4 cm³/mol. The third kappa shape index (κ3) is 5.67. The number of aromatic nitrogens is 1. The van der Waals surface area contributed by atoms with Gasteiger partial charge in [-0.1, -0.05) is 11.6 Å². The fourth-order valence-electron chi connectivity index (χ4n) is 1.53. The summed E-state index contributed by atoms with van der Waals surface area (Å²) in [5.41, 5.74) is 0. The van der Waals surface area contributed by atoms with E-state index < -0.39 is 0 Å². The monoisotopic (exact) mass is 272 g/mol. The van der Waals surface area contributed by atoms with Crippen LogP contribution >= 0.6 is 11.6 Å². The van der Waals surface area contributed by atoms with E-state index in [4.69, 9.17) is 21.1 Å². The van der Waals surface area contributed by atoms with Crippen LogP contribution in [0.2, 0.25) is 5.02 Å². The smallest absolute Gasteiger partial charge is 0.128 e. The second-order valence-electron chi connectivity index (χ2n) is 3.72. The Balaban J connectivity index is 2.54. The summed E-state index contributed by atoms with van der Waals surface area (Å²) in [6.07, 6.45) is 1.66. The zero-order valence-corrected chi connectivity index (χ0v) is 11.8. The van der Waals surface area contributed by atoms with Crippen LogP contribution in [-0.2, 0) is 9.47 Å². The topological polar surface area (TPSA) is 34.6 Å². The molecule has 0 saturated heterocycles. The summed E-state index contributed by atoms with van der Waals surface area (Å²) in [4.78, 5) is 6.46. The van der Waals surface area contributed by atoms with Crippen molar-refractivity contribution in [3.05, 3.63) is 23.4 Å². The second kappa shape index (κ2) is 9.14. The summed E-state index contributed by atoms with van der Waals surface area (Å²) in [5, 5.41) is 0.647. The number of halogens is 1. The van der Waals surface area contributed by atoms with Crippen LogP contribution in [0.15, 0.2) is 18.3 Å². The molecule has 0 atom stereocenters. The number of hydrogen-bond donors (Lipinski definition) is 0. The summed E-state index contributed by atoms with van der Waals surface area (Å²) in [7, 11) is 0. The highest BCUT2D eigenvalue weighted by atomic mass is 35.5. The van der Waals surface area contributed by atoms with E-state index in [1.807, 2.05) is 26.0 Å². The zero-order chi connectivity index (χ0) is 13.2. The molecule has 0 N–H and O–H groups in total. The van der Waals surface area contributed by atoms with Gasteiger partial charge < -0.3 is 14.4 Å². The van der Waals surface area contributed by atoms with Crippen molar-refractivity contribution in [2.24, 2.45) is 0 Å². The van der Waals surface area contributed by atoms with Crippen LogP contribution in [0, 0.1) is 0 Å². The van der Waals surface area contributed by atoms with Gasteiger partial charge in [-0.15, -0.1) is 0 Å². The number of pyridine rings is 1. The first-order valence-corrected chi connectivity index (χ1v) is 6.67. The molecule has 4 nitrogen and oxygen atoms in total. The lowest BCUT2D eigenvalue weighted by Crippen LogP contribution is -2.31. The van der Waals surface area contributed by atoms with Crippen molar-refractivity contribution in [2.75, 3.05) is 44.4 Å². The Morgan fingerprint density at radius 2 is 1.72 bits per heavy atom. The van der Waals surface area contributed by atoms with Crippen molar-refractivity contribution >= 4 is 17.4 Å². The van der Waals surface area contributed by atoms with Gasteiger partial charge in [0.05, 0.1) is 18.2 Å². The van der Waals surface area contributed by atoms with Crippen LogP contribution < -0.4 is 4.90 Å². The van der Waals surface area contributed by atoms with Gasteiger partial charge in [0.2, 0.25) is 0 Å². The molecule has 0 radical (unpaired) electrons. The Morgan fingerprint density at radius 3 is 2.17 bits per heavy atom. The lowest BCUT2D eigenvalue weighted by molar-refractivity contribution is 0.141. The minimum absolute atomic E-state index is 0.647. The highest BCUT2D eigenvalue weighted by Crippen LogP contribution is 2.13. The van der Waals surface area contributed by atoms with E-state index >= 15 is 0 Å². The number of ether oxygens (including phenoxy) is 2. The minimum Gasteiger partial charge on any atom is -0.380 e. The Labute approximate surface area is 114 Å². The highest BCUT2D eigenvalue weighted by Gasteiger charge is 2.07. The second-order valence-corrected chi connectivity index (χ2v) is 4.15. The zero-order valence-electron chi connectivity index (χ0n) is 11.1. The fourth-order valence-corrected chi connectivity index (χ4v) is 1.65. The Kier molecular flexibility index (Phi) is 7.73. The molecular weight excluding hydrogens is 252 g/mol. The van der Waals surface area contributed by atoms with Gasteiger partial charge in [0.25, 0.3) is 0 Å². The van der Waals surface area contributed by atoms with Gasteiger partial charge in [-0.2, -0.15) is 0 Å². The molecule has 0 unspecified atom stereocenters. The van der Waals surface area contributed by atoms with E-state index in [2.05, 4.69) is 9.88 Å². The van der Waals surface area contributed by atoms with Crippen molar-refractivity contribution < 1.29 is 9.47 Å². The van der Waals surface area contributed by atoms with Gasteiger partial charge >= 0.3 is 0 Å². The van der Waals surface area contributed by atoms with Crippen molar-refractivity contribution in [3.8, 4) is 0 Å². The van der Waals surface area contributed by atoms with Crippen LogP contribution in [0.5, 0.6) is 0 Å². The van der Waals surface area contributed by atoms with Crippen molar-refractivity contribution in [2.45, 2.75) is 13.8 Å². The minimum atomic E-state index is 0.647. The van der Waals surface area contributed by atoms with Crippen LogP contribution in [0.1, 0.15) is 13.8 Å². The molecule has 0 fully saturated rings. The molecular formula is C13H21ClN2O2. The van der Waals surface area contributed by atoms with Gasteiger partial charge in [-0.3, -0.25) is 0 Å². The third-order valence-corrected chi connectivity index (χ3v) is 2.68. The average Bonchev–Trinajstić information content (AvgIpc) is 2.38. The molecule has 0 saturated carbocycles. The molecule has 0 aliphatic carbocycles. The molecule has 18 heavy (non-hydrogen) atoms. The summed E-state index contributed by atoms with van der Waals surface area (Å²) < 4.78 is 10.8. The Morgan fingerprint density at radius 1 is 1.11 bits per heavy atom. The van der Waals surface area contributed by atoms with Crippen LogP contribution in [0.25, 0.3) is 0 Å². The first-order valence-electron chi connectivity index (χ1n) is 6.30. The first-order chi connectivity index (χ1) is 8.77. The maximum absolute atomic E-state index is 5.84. The molecule has 1 aromatic rings. The van der Waals surface area contributed by atoms with Gasteiger partial charge in [0, 0.05) is 32.5 Å². The maximum atomic E-state index is 5.84. The van der Waals surface area contributed by atoms with E-state index in [-0.39, 0.29) is 0 Å². The highest BCUT2D eigenvalue weighted by molar-refractivity contribution is 6.30. The van der Waals surface area contributed by atoms with Crippen LogP contribution in [0.3, 0.4) is 0 Å². The molecule has 1 heterocycles. The number of anilines is 1. The number of rotatable bonds is 9. The lowest BCUT2D eigenvalue weighted by atomic mass is 10.4. The molecule has 0 amide bonds. The van der Waals surface area contributed by atoms with E-state index in [1.165, 1.54) is 0 Å². The molecule has 0 aliphatic heterocycles. The largest absolute Gasteiger partial charge is 0.380 e. The van der Waals surface area contributed by atoms with Crippen molar-refractivity contribution in [3.63, 3.8) is 0 Å². The quantitative estimate of drug-likeness (QED) is 0.647. The standard InChI is InChI=1S/C13H21ClN2O2/c1-3-17-9-7-16(8-10-18-4-2)13-6-5-12(14)11-15-13/h5-6,11H,3-4,7-10H2,1-2H3. The number of nitrogens with zero attached hydrogens (tertiary/aromatic N) is 2. The Bertz CT molecular complexity index is 309. The average molecular weight is 273 g/mol. The van der Waals surface area contributed by atoms with Crippen LogP contribution in [-0.4, -0.2) is 44.5 Å². The van der Waals surface area contributed by atoms with E-state index in [0.717, 1.165) is 32.1 Å². The maximum Gasteiger partial charge on any atom is 0.128 e. The molecule has 0 bridgehead atoms. The predicted octanol–water partition coefficient (Wildman–Crippen LogP) is 2.61. The van der Waals surface area contributed by atoms with Gasteiger partial charge in [0.1, 0.15) is 5.82 Å². The van der Waals surface area contributed by atoms with Gasteiger partial charge in [-0.05, 0) is 26.0 Å². The summed E-state index contributed by atoms with van der Waals surface area (Å²) >= 11 is 5.84. The molecule has 0 spiro atoms. The Hall–Kier alpha value is -0.840. The first kappa shape index (κ1) is 15.2. The van der Waals surface area contributed by atoms with Crippen molar-refractivity contribution in [1.29, 1.82) is 0 Å². The molecule has 102 valence electrons. The van der Waals surface area contributed by atoms with E-state index in [0.29, 0.717) is 18.2 Å². The molecule has 5 heteroatoms. The normalized spacial score (nSPS) is 10.6. The number of hydrogen-bond acceptors (Lipinski definition) is 4. The summed E-state index contributed by atoms with van der Waals surface area (Å²) in [6.45, 7) is 8.42. The molecule has 0 aliphatic rings. The third-order valence-electron chi connectivity index (χ3n) is 2.46. The lowest BCUT2D eigenvalue weighted by Gasteiger charge is -2.23. The summed E-state index contributed by atoms with van der Waals surface area (Å²) in [6, 6.07) is 3.76. The van der Waals surface area contributed by atoms with Crippen molar-refractivity contribution in [1.82, 2.24) is 4.98 Å². The molecule has 1 aromatic heterocycles. The van der Waals surface area contributed by atoms with E-state index in [1.54, 1.807) is 6.20 Å². The van der Waals surface area contributed by atoms with Gasteiger partial charge in [0.15, 0.2) is 0 Å².